The number of carbonyl (C=O) groups excluding carboxylic acids is 1. The van der Waals surface area contributed by atoms with Gasteiger partial charge in [-0.1, -0.05) is 30.3 Å². The summed E-state index contributed by atoms with van der Waals surface area (Å²) in [7, 11) is 2.17. The molecule has 2 heterocycles. The molecule has 31 heavy (non-hydrogen) atoms. The lowest BCUT2D eigenvalue weighted by molar-refractivity contribution is -0.156. The average molecular weight is 432 g/mol. The molecule has 9 heteroatoms. The Labute approximate surface area is 178 Å². The van der Waals surface area contributed by atoms with Crippen LogP contribution in [0.1, 0.15) is 24.3 Å². The number of carbonyl (C=O) groups is 1. The van der Waals surface area contributed by atoms with Gasteiger partial charge in [0.2, 0.25) is 12.3 Å². The van der Waals surface area contributed by atoms with Crippen molar-refractivity contribution in [3.63, 3.8) is 0 Å². The SMILES string of the molecule is CN1CCCC1.O=CN(Cc1ccc(-c2nnc(C(F)(F)F)o2)cc1)c1ccccc1. The normalized spacial score (nSPS) is 14.1. The van der Waals surface area contributed by atoms with Crippen LogP contribution in [0.4, 0.5) is 18.9 Å². The van der Waals surface area contributed by atoms with E-state index < -0.39 is 12.1 Å². The van der Waals surface area contributed by atoms with Crippen LogP contribution in [-0.2, 0) is 17.5 Å². The van der Waals surface area contributed by atoms with Crippen LogP contribution < -0.4 is 4.90 Å². The summed E-state index contributed by atoms with van der Waals surface area (Å²) in [6, 6.07) is 15.6. The molecule has 0 N–H and O–H groups in total. The maximum Gasteiger partial charge on any atom is 0.470 e. The summed E-state index contributed by atoms with van der Waals surface area (Å²) in [4.78, 5) is 15.2. The fourth-order valence-corrected chi connectivity index (χ4v) is 3.09. The van der Waals surface area contributed by atoms with E-state index in [0.717, 1.165) is 17.7 Å². The first kappa shape index (κ1) is 22.5. The molecule has 3 aromatic rings. The second-order valence-electron chi connectivity index (χ2n) is 7.19. The van der Waals surface area contributed by atoms with Crippen LogP contribution in [0.15, 0.2) is 59.0 Å². The number of rotatable bonds is 5. The van der Waals surface area contributed by atoms with E-state index in [1.807, 2.05) is 18.2 Å². The molecule has 1 aromatic heterocycles. The highest BCUT2D eigenvalue weighted by Gasteiger charge is 2.38. The van der Waals surface area contributed by atoms with E-state index >= 15 is 0 Å². The maximum atomic E-state index is 12.5. The molecule has 2 aromatic carbocycles. The van der Waals surface area contributed by atoms with Crippen LogP contribution in [0.5, 0.6) is 0 Å². The lowest BCUT2D eigenvalue weighted by Gasteiger charge is -2.17. The van der Waals surface area contributed by atoms with E-state index in [2.05, 4.69) is 26.6 Å². The number of amides is 1. The molecule has 4 rings (SSSR count). The summed E-state index contributed by atoms with van der Waals surface area (Å²) in [5.74, 6) is -1.60. The number of aromatic nitrogens is 2. The lowest BCUT2D eigenvalue weighted by Crippen LogP contribution is -2.20. The Balaban J connectivity index is 0.000000391. The largest absolute Gasteiger partial charge is 0.470 e. The molecule has 0 saturated carbocycles. The second-order valence-corrected chi connectivity index (χ2v) is 7.19. The molecule has 1 aliphatic heterocycles. The Morgan fingerprint density at radius 3 is 2.16 bits per heavy atom. The number of para-hydroxylation sites is 1. The van der Waals surface area contributed by atoms with Crippen molar-refractivity contribution in [1.82, 2.24) is 15.1 Å². The minimum Gasteiger partial charge on any atom is -0.413 e. The molecule has 0 spiro atoms. The van der Waals surface area contributed by atoms with Crippen LogP contribution >= 0.6 is 0 Å². The molecule has 164 valence electrons. The molecule has 1 fully saturated rings. The first-order valence-electron chi connectivity index (χ1n) is 9.82. The van der Waals surface area contributed by atoms with Gasteiger partial charge in [0.1, 0.15) is 0 Å². The van der Waals surface area contributed by atoms with Crippen LogP contribution in [0.2, 0.25) is 0 Å². The van der Waals surface area contributed by atoms with Gasteiger partial charge in [0.05, 0.1) is 6.54 Å². The second kappa shape index (κ2) is 10.2. The minimum absolute atomic E-state index is 0.214. The highest BCUT2D eigenvalue weighted by molar-refractivity contribution is 5.75. The molecule has 1 amide bonds. The van der Waals surface area contributed by atoms with Crippen molar-refractivity contribution in [3.05, 3.63) is 66.1 Å². The number of benzene rings is 2. The quantitative estimate of drug-likeness (QED) is 0.550. The van der Waals surface area contributed by atoms with Gasteiger partial charge in [-0.2, -0.15) is 13.2 Å². The standard InChI is InChI=1S/C17H12F3N3O2.C5H11N/c18-17(19,20)16-22-21-15(25-16)13-8-6-12(7-9-13)10-23(11-24)14-4-2-1-3-5-14;1-6-4-2-3-5-6/h1-9,11H,10H2;2-5H2,1H3. The van der Waals surface area contributed by atoms with Crippen LogP contribution in [-0.4, -0.2) is 41.6 Å². The highest BCUT2D eigenvalue weighted by atomic mass is 19.4. The predicted molar refractivity (Wildman–Crippen MR) is 110 cm³/mol. The number of hydrogen-bond donors (Lipinski definition) is 0. The Morgan fingerprint density at radius 1 is 1.03 bits per heavy atom. The number of hydrogen-bond acceptors (Lipinski definition) is 5. The molecule has 0 atom stereocenters. The molecule has 1 aliphatic rings. The molecule has 6 nitrogen and oxygen atoms in total. The third kappa shape index (κ3) is 6.39. The summed E-state index contributed by atoms with van der Waals surface area (Å²) in [6.45, 7) is 2.96. The van der Waals surface area contributed by atoms with Gasteiger partial charge < -0.3 is 14.2 Å². The third-order valence-electron chi connectivity index (χ3n) is 4.77. The van der Waals surface area contributed by atoms with E-state index in [1.165, 1.54) is 30.8 Å². The monoisotopic (exact) mass is 432 g/mol. The van der Waals surface area contributed by atoms with E-state index in [0.29, 0.717) is 12.1 Å². The third-order valence-corrected chi connectivity index (χ3v) is 4.77. The summed E-state index contributed by atoms with van der Waals surface area (Å²) in [5.41, 5.74) is 1.91. The van der Waals surface area contributed by atoms with Crippen LogP contribution in [0.25, 0.3) is 11.5 Å². The van der Waals surface area contributed by atoms with Crippen molar-refractivity contribution >= 4 is 12.1 Å². The van der Waals surface area contributed by atoms with Gasteiger partial charge in [-0.3, -0.25) is 4.79 Å². The van der Waals surface area contributed by atoms with Gasteiger partial charge >= 0.3 is 12.1 Å². The zero-order valence-electron chi connectivity index (χ0n) is 17.0. The van der Waals surface area contributed by atoms with Gasteiger partial charge in [0.25, 0.3) is 0 Å². The van der Waals surface area contributed by atoms with E-state index in [4.69, 9.17) is 0 Å². The minimum atomic E-state index is -4.68. The van der Waals surface area contributed by atoms with E-state index in [-0.39, 0.29) is 5.89 Å². The predicted octanol–water partition coefficient (Wildman–Crippen LogP) is 4.63. The summed E-state index contributed by atoms with van der Waals surface area (Å²) < 4.78 is 42.1. The fraction of sp³-hybridized carbons (Fsp3) is 0.318. The topological polar surface area (TPSA) is 62.5 Å². The van der Waals surface area contributed by atoms with Gasteiger partial charge in [-0.15, -0.1) is 10.2 Å². The molecule has 1 saturated heterocycles. The maximum absolute atomic E-state index is 12.5. The zero-order chi connectivity index (χ0) is 22.3. The van der Waals surface area contributed by atoms with Gasteiger partial charge in [-0.05, 0) is 62.8 Å². The smallest absolute Gasteiger partial charge is 0.413 e. The average Bonchev–Trinajstić information content (AvgIpc) is 3.45. The lowest BCUT2D eigenvalue weighted by atomic mass is 10.1. The highest BCUT2D eigenvalue weighted by Crippen LogP contribution is 2.30. The summed E-state index contributed by atoms with van der Waals surface area (Å²) >= 11 is 0. The summed E-state index contributed by atoms with van der Waals surface area (Å²) in [6.07, 6.45) is -1.13. The van der Waals surface area contributed by atoms with Crippen molar-refractivity contribution < 1.29 is 22.4 Å². The van der Waals surface area contributed by atoms with Crippen LogP contribution in [0, 0.1) is 0 Å². The summed E-state index contributed by atoms with van der Waals surface area (Å²) in [5, 5.41) is 6.40. The Hall–Kier alpha value is -3.20. The zero-order valence-corrected chi connectivity index (χ0v) is 17.0. The van der Waals surface area contributed by atoms with E-state index in [1.54, 1.807) is 36.4 Å². The van der Waals surface area contributed by atoms with Crippen molar-refractivity contribution in [1.29, 1.82) is 0 Å². The number of anilines is 1. The van der Waals surface area contributed by atoms with Crippen molar-refractivity contribution in [2.75, 3.05) is 25.0 Å². The molecule has 0 aliphatic carbocycles. The fourth-order valence-electron chi connectivity index (χ4n) is 3.09. The van der Waals surface area contributed by atoms with Crippen molar-refractivity contribution in [2.45, 2.75) is 25.6 Å². The molecular formula is C22H23F3N4O2. The van der Waals surface area contributed by atoms with E-state index in [9.17, 15) is 18.0 Å². The van der Waals surface area contributed by atoms with Crippen LogP contribution in [0.3, 0.4) is 0 Å². The number of nitrogens with zero attached hydrogens (tertiary/aromatic N) is 4. The van der Waals surface area contributed by atoms with Gasteiger partial charge in [0.15, 0.2) is 0 Å². The first-order valence-corrected chi connectivity index (χ1v) is 9.82. The van der Waals surface area contributed by atoms with Gasteiger partial charge in [0, 0.05) is 11.3 Å². The van der Waals surface area contributed by atoms with Gasteiger partial charge in [-0.25, -0.2) is 0 Å². The molecule has 0 unspecified atom stereocenters. The Bertz CT molecular complexity index is 953. The number of halogens is 3. The van der Waals surface area contributed by atoms with Crippen molar-refractivity contribution in [3.8, 4) is 11.5 Å². The Morgan fingerprint density at radius 2 is 1.68 bits per heavy atom. The first-order chi connectivity index (χ1) is 14.9. The number of alkyl halides is 3. The Kier molecular flexibility index (Phi) is 7.41. The molecular weight excluding hydrogens is 409 g/mol. The molecule has 0 bridgehead atoms. The molecule has 0 radical (unpaired) electrons. The van der Waals surface area contributed by atoms with Crippen molar-refractivity contribution in [2.24, 2.45) is 0 Å². The number of likely N-dealkylation sites (tertiary alicyclic amines) is 1.